The molecule has 9 heteroatoms. The standard InChI is InChI=1S/C17H15F3O5S/c1-10(2)13-8-12(11-6-4-3-5-7-11)9-14(15(13)16(21)22)25-26(23,24)17(18,19)20/h3-10H,1-2H3,(H,21,22). The maximum atomic E-state index is 12.7. The van der Waals surface area contributed by atoms with Gasteiger partial charge in [0.25, 0.3) is 0 Å². The molecular formula is C17H15F3O5S. The van der Waals surface area contributed by atoms with Gasteiger partial charge >= 0.3 is 21.6 Å². The van der Waals surface area contributed by atoms with Crippen LogP contribution in [0.3, 0.4) is 0 Å². The summed E-state index contributed by atoms with van der Waals surface area (Å²) in [6.07, 6.45) is 0. The van der Waals surface area contributed by atoms with Crippen LogP contribution in [0.15, 0.2) is 42.5 Å². The van der Waals surface area contributed by atoms with Gasteiger partial charge in [-0.2, -0.15) is 21.6 Å². The van der Waals surface area contributed by atoms with Gasteiger partial charge in [0.2, 0.25) is 0 Å². The first-order chi connectivity index (χ1) is 11.9. The normalized spacial score (nSPS) is 12.2. The Morgan fingerprint density at radius 3 is 2.12 bits per heavy atom. The second kappa shape index (κ2) is 6.99. The number of aromatic carboxylic acids is 1. The molecule has 1 N–H and O–H groups in total. The van der Waals surface area contributed by atoms with Gasteiger partial charge in [-0.15, -0.1) is 0 Å². The Morgan fingerprint density at radius 1 is 1.08 bits per heavy atom. The Balaban J connectivity index is 2.75. The van der Waals surface area contributed by atoms with E-state index in [1.807, 2.05) is 0 Å². The number of alkyl halides is 3. The molecule has 0 bridgehead atoms. The quantitative estimate of drug-likeness (QED) is 0.606. The number of halogens is 3. The van der Waals surface area contributed by atoms with Crippen LogP contribution in [0.4, 0.5) is 13.2 Å². The molecule has 0 fully saturated rings. The Kier molecular flexibility index (Phi) is 5.31. The third kappa shape index (κ3) is 3.98. The number of hydrogen-bond acceptors (Lipinski definition) is 4. The van der Waals surface area contributed by atoms with E-state index in [0.717, 1.165) is 6.07 Å². The number of benzene rings is 2. The molecule has 5 nitrogen and oxygen atoms in total. The van der Waals surface area contributed by atoms with E-state index in [9.17, 15) is 31.5 Å². The van der Waals surface area contributed by atoms with E-state index in [1.165, 1.54) is 6.07 Å². The fourth-order valence-electron chi connectivity index (χ4n) is 2.35. The highest BCUT2D eigenvalue weighted by Crippen LogP contribution is 2.37. The predicted molar refractivity (Wildman–Crippen MR) is 88.5 cm³/mol. The molecule has 0 unspecified atom stereocenters. The largest absolute Gasteiger partial charge is 0.534 e. The van der Waals surface area contributed by atoms with Crippen molar-refractivity contribution in [3.05, 3.63) is 53.6 Å². The lowest BCUT2D eigenvalue weighted by molar-refractivity contribution is -0.0500. The average Bonchev–Trinajstić information content (AvgIpc) is 2.53. The maximum Gasteiger partial charge on any atom is 0.534 e. The monoisotopic (exact) mass is 388 g/mol. The molecule has 0 saturated carbocycles. The third-order valence-corrected chi connectivity index (χ3v) is 4.52. The molecule has 0 saturated heterocycles. The first-order valence-electron chi connectivity index (χ1n) is 7.41. The lowest BCUT2D eigenvalue weighted by Crippen LogP contribution is -2.29. The van der Waals surface area contributed by atoms with Gasteiger partial charge in [0.05, 0.1) is 0 Å². The van der Waals surface area contributed by atoms with Crippen LogP contribution in [0, 0.1) is 0 Å². The fraction of sp³-hybridized carbons (Fsp3) is 0.235. The van der Waals surface area contributed by atoms with E-state index < -0.39 is 38.8 Å². The van der Waals surface area contributed by atoms with E-state index in [-0.39, 0.29) is 5.56 Å². The molecule has 26 heavy (non-hydrogen) atoms. The van der Waals surface area contributed by atoms with Gasteiger partial charge in [-0.05, 0) is 34.7 Å². The lowest BCUT2D eigenvalue weighted by Gasteiger charge is -2.18. The summed E-state index contributed by atoms with van der Waals surface area (Å²) < 4.78 is 65.0. The summed E-state index contributed by atoms with van der Waals surface area (Å²) in [7, 11) is -6.01. The molecule has 0 atom stereocenters. The van der Waals surface area contributed by atoms with Gasteiger partial charge in [0.15, 0.2) is 5.75 Å². The van der Waals surface area contributed by atoms with Crippen molar-refractivity contribution in [2.45, 2.75) is 25.3 Å². The molecule has 0 amide bonds. The summed E-state index contributed by atoms with van der Waals surface area (Å²) in [6, 6.07) is 10.9. The van der Waals surface area contributed by atoms with Crippen molar-refractivity contribution < 1.29 is 35.7 Å². The highest BCUT2D eigenvalue weighted by Gasteiger charge is 2.49. The number of hydrogen-bond donors (Lipinski definition) is 1. The fourth-order valence-corrected chi connectivity index (χ4v) is 2.81. The van der Waals surface area contributed by atoms with E-state index in [1.54, 1.807) is 44.2 Å². The van der Waals surface area contributed by atoms with Crippen molar-refractivity contribution >= 4 is 16.1 Å². The Morgan fingerprint density at radius 2 is 1.65 bits per heavy atom. The van der Waals surface area contributed by atoms with E-state index >= 15 is 0 Å². The molecule has 0 aromatic heterocycles. The van der Waals surface area contributed by atoms with Crippen molar-refractivity contribution in [2.24, 2.45) is 0 Å². The zero-order valence-corrected chi connectivity index (χ0v) is 14.6. The van der Waals surface area contributed by atoms with Crippen molar-refractivity contribution in [1.82, 2.24) is 0 Å². The van der Waals surface area contributed by atoms with Crippen LogP contribution < -0.4 is 4.18 Å². The van der Waals surface area contributed by atoms with E-state index in [2.05, 4.69) is 4.18 Å². The minimum Gasteiger partial charge on any atom is -0.478 e. The van der Waals surface area contributed by atoms with Gasteiger partial charge in [0.1, 0.15) is 5.56 Å². The molecule has 2 aromatic carbocycles. The molecule has 0 aliphatic carbocycles. The highest BCUT2D eigenvalue weighted by molar-refractivity contribution is 7.88. The Hall–Kier alpha value is -2.55. The maximum absolute atomic E-state index is 12.7. The zero-order valence-electron chi connectivity index (χ0n) is 13.7. The Labute approximate surface area is 148 Å². The molecule has 0 radical (unpaired) electrons. The van der Waals surface area contributed by atoms with Crippen molar-refractivity contribution in [3.63, 3.8) is 0 Å². The molecule has 0 heterocycles. The average molecular weight is 388 g/mol. The zero-order chi connectivity index (χ0) is 19.7. The van der Waals surface area contributed by atoms with Gasteiger partial charge in [-0.1, -0.05) is 44.2 Å². The van der Waals surface area contributed by atoms with Crippen molar-refractivity contribution in [3.8, 4) is 16.9 Å². The first-order valence-corrected chi connectivity index (χ1v) is 8.82. The van der Waals surface area contributed by atoms with Gasteiger partial charge < -0.3 is 9.29 Å². The second-order valence-corrected chi connectivity index (χ2v) is 7.29. The summed E-state index contributed by atoms with van der Waals surface area (Å²) in [5.74, 6) is -2.86. The van der Waals surface area contributed by atoms with E-state index in [4.69, 9.17) is 0 Å². The van der Waals surface area contributed by atoms with Crippen LogP contribution in [0.2, 0.25) is 0 Å². The molecular weight excluding hydrogens is 373 g/mol. The van der Waals surface area contributed by atoms with Crippen molar-refractivity contribution in [2.75, 3.05) is 0 Å². The molecule has 2 aromatic rings. The third-order valence-electron chi connectivity index (χ3n) is 3.56. The minimum atomic E-state index is -6.01. The Bertz CT molecular complexity index is 919. The van der Waals surface area contributed by atoms with Crippen LogP contribution in [0.1, 0.15) is 35.7 Å². The number of rotatable bonds is 5. The van der Waals surface area contributed by atoms with Gasteiger partial charge in [0, 0.05) is 0 Å². The molecule has 0 aliphatic heterocycles. The number of carbonyl (C=O) groups is 1. The predicted octanol–water partition coefficient (Wildman–Crippen LogP) is 4.40. The molecule has 0 aliphatic rings. The first kappa shape index (κ1) is 19.8. The molecule has 140 valence electrons. The summed E-state index contributed by atoms with van der Waals surface area (Å²) in [4.78, 5) is 11.6. The van der Waals surface area contributed by atoms with Gasteiger partial charge in [-0.3, -0.25) is 0 Å². The van der Waals surface area contributed by atoms with Crippen LogP contribution in [-0.4, -0.2) is 25.0 Å². The topological polar surface area (TPSA) is 80.7 Å². The van der Waals surface area contributed by atoms with Crippen LogP contribution in [0.5, 0.6) is 5.75 Å². The second-order valence-electron chi connectivity index (χ2n) is 5.75. The summed E-state index contributed by atoms with van der Waals surface area (Å²) in [5.41, 5.74) is -5.23. The van der Waals surface area contributed by atoms with E-state index in [0.29, 0.717) is 11.1 Å². The number of carboxylic acids is 1. The van der Waals surface area contributed by atoms with Gasteiger partial charge in [-0.25, -0.2) is 4.79 Å². The van der Waals surface area contributed by atoms with Crippen LogP contribution in [0.25, 0.3) is 11.1 Å². The number of carboxylic acid groups (broad SMARTS) is 1. The smallest absolute Gasteiger partial charge is 0.478 e. The SMILES string of the molecule is CC(C)c1cc(-c2ccccc2)cc(OS(=O)(=O)C(F)(F)F)c1C(=O)O. The van der Waals surface area contributed by atoms with Crippen LogP contribution in [-0.2, 0) is 10.1 Å². The lowest BCUT2D eigenvalue weighted by atomic mass is 9.92. The molecule has 2 rings (SSSR count). The van der Waals surface area contributed by atoms with Crippen LogP contribution >= 0.6 is 0 Å². The summed E-state index contributed by atoms with van der Waals surface area (Å²) >= 11 is 0. The minimum absolute atomic E-state index is 0.159. The molecule has 0 spiro atoms. The van der Waals surface area contributed by atoms with Crippen molar-refractivity contribution in [1.29, 1.82) is 0 Å². The summed E-state index contributed by atoms with van der Waals surface area (Å²) in [6.45, 7) is 3.27. The summed E-state index contributed by atoms with van der Waals surface area (Å²) in [5, 5.41) is 9.40. The highest BCUT2D eigenvalue weighted by atomic mass is 32.2.